The van der Waals surface area contributed by atoms with E-state index >= 15 is 0 Å². The number of hydrogen-bond acceptors (Lipinski definition) is 5. The van der Waals surface area contributed by atoms with Crippen LogP contribution in [-0.4, -0.2) is 48.2 Å². The largest absolute Gasteiger partial charge is 0.497 e. The number of nitrogens with zero attached hydrogens (tertiary/aromatic N) is 2. The number of amides is 1. The van der Waals surface area contributed by atoms with Crippen LogP contribution in [0.4, 0.5) is 0 Å². The van der Waals surface area contributed by atoms with Crippen molar-refractivity contribution < 1.29 is 19.1 Å². The summed E-state index contributed by atoms with van der Waals surface area (Å²) in [5.74, 6) is 0.299. The molecular weight excluding hydrogens is 464 g/mol. The summed E-state index contributed by atoms with van der Waals surface area (Å²) in [6.07, 6.45) is 4.93. The second-order valence-corrected chi connectivity index (χ2v) is 9.38. The zero-order valence-electron chi connectivity index (χ0n) is 21.2. The van der Waals surface area contributed by atoms with Gasteiger partial charge in [0.25, 0.3) is 5.91 Å². The minimum Gasteiger partial charge on any atom is -0.497 e. The minimum absolute atomic E-state index is 0.0319. The topological polar surface area (TPSA) is 59.1 Å². The van der Waals surface area contributed by atoms with Gasteiger partial charge in [-0.15, -0.1) is 0 Å². The van der Waals surface area contributed by atoms with Crippen LogP contribution < -0.4 is 4.74 Å². The summed E-state index contributed by atoms with van der Waals surface area (Å²) in [7, 11) is 1.67. The highest BCUT2D eigenvalue weighted by Gasteiger charge is 2.51. The molecule has 0 aliphatic carbocycles. The van der Waals surface area contributed by atoms with Gasteiger partial charge in [-0.1, -0.05) is 60.7 Å². The summed E-state index contributed by atoms with van der Waals surface area (Å²) < 4.78 is 10.7. The van der Waals surface area contributed by atoms with E-state index in [2.05, 4.69) is 29.3 Å². The fourth-order valence-corrected chi connectivity index (χ4v) is 5.63. The van der Waals surface area contributed by atoms with Gasteiger partial charge in [-0.25, -0.2) is 9.80 Å². The van der Waals surface area contributed by atoms with E-state index < -0.39 is 0 Å². The molecule has 0 bridgehead atoms. The summed E-state index contributed by atoms with van der Waals surface area (Å²) in [5, 5.41) is 4.15. The molecule has 37 heavy (non-hydrogen) atoms. The molecule has 1 fully saturated rings. The average molecular weight is 497 g/mol. The van der Waals surface area contributed by atoms with Crippen molar-refractivity contribution in [1.82, 2.24) is 10.0 Å². The normalized spacial score (nSPS) is 20.9. The number of carbonyl (C=O) groups excluding carboxylic acids is 2. The van der Waals surface area contributed by atoms with Crippen LogP contribution in [0.5, 0.6) is 5.75 Å². The van der Waals surface area contributed by atoms with Gasteiger partial charge in [0.2, 0.25) is 0 Å². The Morgan fingerprint density at radius 3 is 2.43 bits per heavy atom. The maximum atomic E-state index is 14.0. The third-order valence-electron chi connectivity index (χ3n) is 7.26. The third-order valence-corrected chi connectivity index (χ3v) is 7.26. The predicted octanol–water partition coefficient (Wildman–Crippen LogP) is 5.01. The van der Waals surface area contributed by atoms with Crippen LogP contribution in [-0.2, 0) is 22.4 Å². The van der Waals surface area contributed by atoms with Crippen molar-refractivity contribution in [1.29, 1.82) is 0 Å². The maximum absolute atomic E-state index is 14.0. The first kappa shape index (κ1) is 24.8. The summed E-state index contributed by atoms with van der Waals surface area (Å²) in [5.41, 5.74) is 4.16. The first-order valence-corrected chi connectivity index (χ1v) is 12.8. The molecule has 1 amide bonds. The predicted molar refractivity (Wildman–Crippen MR) is 142 cm³/mol. The lowest BCUT2D eigenvalue weighted by Gasteiger charge is -2.38. The Hall–Kier alpha value is -3.90. The fraction of sp³-hybridized carbons (Fsp3) is 0.290. The van der Waals surface area contributed by atoms with Crippen molar-refractivity contribution >= 4 is 11.9 Å². The molecule has 2 heterocycles. The summed E-state index contributed by atoms with van der Waals surface area (Å²) in [6.45, 7) is 2.81. The second-order valence-electron chi connectivity index (χ2n) is 9.38. The van der Waals surface area contributed by atoms with Crippen LogP contribution in [0.25, 0.3) is 0 Å². The molecular formula is C31H32N2O4. The van der Waals surface area contributed by atoms with E-state index in [1.54, 1.807) is 14.0 Å². The molecule has 0 radical (unpaired) electrons. The Morgan fingerprint density at radius 1 is 1.00 bits per heavy atom. The van der Waals surface area contributed by atoms with Gasteiger partial charge < -0.3 is 9.47 Å². The van der Waals surface area contributed by atoms with Gasteiger partial charge in [-0.05, 0) is 60.7 Å². The van der Waals surface area contributed by atoms with E-state index in [0.717, 1.165) is 23.3 Å². The van der Waals surface area contributed by atoms with Crippen LogP contribution >= 0.6 is 0 Å². The number of fused-ring (bicyclic) bond motifs is 3. The number of hydrazine groups is 1. The molecule has 0 N–H and O–H groups in total. The monoisotopic (exact) mass is 496 g/mol. The fourth-order valence-electron chi connectivity index (χ4n) is 5.63. The molecule has 5 rings (SSSR count). The Bertz CT molecular complexity index is 1270. The molecule has 0 spiro atoms. The van der Waals surface area contributed by atoms with Crippen LogP contribution in [0.3, 0.4) is 0 Å². The first-order chi connectivity index (χ1) is 18.1. The molecule has 1 saturated heterocycles. The lowest BCUT2D eigenvalue weighted by molar-refractivity contribution is -0.137. The summed E-state index contributed by atoms with van der Waals surface area (Å²) >= 11 is 0. The van der Waals surface area contributed by atoms with Crippen LogP contribution in [0.15, 0.2) is 91.0 Å². The Labute approximate surface area is 218 Å². The Balaban J connectivity index is 1.62. The van der Waals surface area contributed by atoms with Crippen molar-refractivity contribution in [3.63, 3.8) is 0 Å². The number of ether oxygens (including phenoxy) is 2. The number of benzene rings is 3. The average Bonchev–Trinajstić information content (AvgIpc) is 3.25. The molecule has 190 valence electrons. The van der Waals surface area contributed by atoms with Gasteiger partial charge in [-0.2, -0.15) is 0 Å². The highest BCUT2D eigenvalue weighted by atomic mass is 16.5. The lowest BCUT2D eigenvalue weighted by atomic mass is 9.82. The van der Waals surface area contributed by atoms with Crippen LogP contribution in [0, 0.1) is 5.92 Å². The van der Waals surface area contributed by atoms with E-state index in [0.29, 0.717) is 25.1 Å². The quantitative estimate of drug-likeness (QED) is 0.340. The van der Waals surface area contributed by atoms with Gasteiger partial charge >= 0.3 is 5.97 Å². The van der Waals surface area contributed by atoms with E-state index in [9.17, 15) is 9.59 Å². The lowest BCUT2D eigenvalue weighted by Crippen LogP contribution is -2.48. The standard InChI is InChI=1S/C31H32N2O4/c1-3-37-29(34)17-16-27-28(20-22-10-6-4-7-11-22)33(31(35)23-12-8-5-9-13-23)32-19-18-24-21-25(36-2)14-15-26(24)30(27)32/h4-17,21,27-28,30H,3,18-20H2,1-2H3/b17-16+/t27-,28-,30+/m1/s1. The second kappa shape index (κ2) is 11.0. The van der Waals surface area contributed by atoms with Gasteiger partial charge in [0, 0.05) is 24.1 Å². The van der Waals surface area contributed by atoms with Crippen molar-refractivity contribution in [2.24, 2.45) is 5.92 Å². The number of methoxy groups -OCH3 is 1. The number of rotatable bonds is 7. The van der Waals surface area contributed by atoms with Crippen LogP contribution in [0.2, 0.25) is 0 Å². The van der Waals surface area contributed by atoms with Gasteiger partial charge in [0.05, 0.1) is 25.8 Å². The minimum atomic E-state index is -0.369. The van der Waals surface area contributed by atoms with Crippen molar-refractivity contribution in [2.75, 3.05) is 20.3 Å². The van der Waals surface area contributed by atoms with Gasteiger partial charge in [0.1, 0.15) is 5.75 Å². The highest BCUT2D eigenvalue weighted by molar-refractivity contribution is 5.94. The highest BCUT2D eigenvalue weighted by Crippen LogP contribution is 2.47. The zero-order valence-corrected chi connectivity index (χ0v) is 21.2. The molecule has 0 unspecified atom stereocenters. The van der Waals surface area contributed by atoms with E-state index in [-0.39, 0.29) is 29.9 Å². The SMILES string of the molecule is CCOC(=O)/C=C/[C@@H]1[C@@H](Cc2ccccc2)N(C(=O)c2ccccc2)N2CCc3cc(OC)ccc3[C@@H]12. The molecule has 3 aromatic carbocycles. The van der Waals surface area contributed by atoms with Crippen LogP contribution in [0.1, 0.15) is 40.0 Å². The number of esters is 1. The smallest absolute Gasteiger partial charge is 0.330 e. The van der Waals surface area contributed by atoms with Crippen molar-refractivity contribution in [2.45, 2.75) is 31.8 Å². The summed E-state index contributed by atoms with van der Waals surface area (Å²) in [4.78, 5) is 26.4. The number of carbonyl (C=O) groups is 2. The Kier molecular flexibility index (Phi) is 7.37. The molecule has 0 aromatic heterocycles. The Morgan fingerprint density at radius 2 is 1.73 bits per heavy atom. The third kappa shape index (κ3) is 5.02. The molecule has 3 aromatic rings. The summed E-state index contributed by atoms with van der Waals surface area (Å²) in [6, 6.07) is 25.5. The number of hydrogen-bond donors (Lipinski definition) is 0. The maximum Gasteiger partial charge on any atom is 0.330 e. The van der Waals surface area contributed by atoms with Gasteiger partial charge in [0.15, 0.2) is 0 Å². The molecule has 6 nitrogen and oxygen atoms in total. The van der Waals surface area contributed by atoms with E-state index in [4.69, 9.17) is 9.47 Å². The van der Waals surface area contributed by atoms with E-state index in [1.165, 1.54) is 11.6 Å². The molecule has 2 aliphatic heterocycles. The molecule has 2 aliphatic rings. The molecule has 3 atom stereocenters. The van der Waals surface area contributed by atoms with Crippen molar-refractivity contribution in [3.8, 4) is 5.75 Å². The zero-order chi connectivity index (χ0) is 25.8. The van der Waals surface area contributed by atoms with Gasteiger partial charge in [-0.3, -0.25) is 9.80 Å². The molecule has 0 saturated carbocycles. The molecule has 6 heteroatoms. The van der Waals surface area contributed by atoms with Crippen molar-refractivity contribution in [3.05, 3.63) is 113 Å². The first-order valence-electron chi connectivity index (χ1n) is 12.8. The van der Waals surface area contributed by atoms with E-state index in [1.807, 2.05) is 65.7 Å².